The summed E-state index contributed by atoms with van der Waals surface area (Å²) in [5, 5.41) is 5.81. The molecule has 108 valence electrons. The van der Waals surface area contributed by atoms with Crippen molar-refractivity contribution in [3.8, 4) is 0 Å². The van der Waals surface area contributed by atoms with Crippen LogP contribution in [0.25, 0.3) is 0 Å². The number of rotatable bonds is 5. The van der Waals surface area contributed by atoms with Crippen LogP contribution in [0.1, 0.15) is 23.4 Å². The first kappa shape index (κ1) is 15.5. The van der Waals surface area contributed by atoms with Crippen LogP contribution < -0.4 is 5.32 Å². The molecule has 2 rings (SSSR count). The predicted molar refractivity (Wildman–Crippen MR) is 84.1 cm³/mol. The fourth-order valence-electron chi connectivity index (χ4n) is 1.95. The second kappa shape index (κ2) is 6.26. The van der Waals surface area contributed by atoms with Crippen molar-refractivity contribution in [3.63, 3.8) is 0 Å². The van der Waals surface area contributed by atoms with E-state index in [0.717, 1.165) is 0 Å². The van der Waals surface area contributed by atoms with E-state index >= 15 is 0 Å². The second-order valence-corrected chi connectivity index (χ2v) is 7.98. The summed E-state index contributed by atoms with van der Waals surface area (Å²) in [6.45, 7) is 2.46. The van der Waals surface area contributed by atoms with E-state index in [2.05, 4.69) is 5.32 Å². The largest absolute Gasteiger partial charge is 0.305 e. The summed E-state index contributed by atoms with van der Waals surface area (Å²) in [5.41, 5.74) is 0.625. The molecule has 0 spiro atoms. The molecule has 6 heteroatoms. The standard InChI is InChI=1S/C14H16ClNO2S2/c1-10(13-6-4-8-19-13)16-9-11-12(15)5-3-7-14(11)20(2,17)18/h3-8,10,16H,9H2,1-2H3/t10-/m1/s1. The summed E-state index contributed by atoms with van der Waals surface area (Å²) in [4.78, 5) is 1.49. The molecule has 1 atom stereocenters. The maximum absolute atomic E-state index is 11.8. The minimum absolute atomic E-state index is 0.152. The van der Waals surface area contributed by atoms with Gasteiger partial charge < -0.3 is 5.32 Å². The van der Waals surface area contributed by atoms with Gasteiger partial charge in [0.25, 0.3) is 0 Å². The maximum atomic E-state index is 11.8. The highest BCUT2D eigenvalue weighted by atomic mass is 35.5. The molecule has 1 aromatic heterocycles. The second-order valence-electron chi connectivity index (χ2n) is 4.61. The lowest BCUT2D eigenvalue weighted by Gasteiger charge is -2.15. The molecule has 0 radical (unpaired) electrons. The zero-order valence-electron chi connectivity index (χ0n) is 11.3. The number of halogens is 1. The molecule has 0 fully saturated rings. The van der Waals surface area contributed by atoms with Crippen LogP contribution in [0.3, 0.4) is 0 Å². The van der Waals surface area contributed by atoms with Crippen LogP contribution in [0.4, 0.5) is 0 Å². The third-order valence-electron chi connectivity index (χ3n) is 3.03. The van der Waals surface area contributed by atoms with E-state index in [-0.39, 0.29) is 10.9 Å². The van der Waals surface area contributed by atoms with Crippen LogP contribution in [0.15, 0.2) is 40.6 Å². The number of hydrogen-bond acceptors (Lipinski definition) is 4. The molecule has 0 saturated carbocycles. The monoisotopic (exact) mass is 329 g/mol. The van der Waals surface area contributed by atoms with Crippen molar-refractivity contribution >= 4 is 32.8 Å². The van der Waals surface area contributed by atoms with Gasteiger partial charge in [-0.25, -0.2) is 8.42 Å². The SMILES string of the molecule is C[C@@H](NCc1c(Cl)cccc1S(C)(=O)=O)c1cccs1. The number of hydrogen-bond donors (Lipinski definition) is 1. The van der Waals surface area contributed by atoms with Crippen molar-refractivity contribution in [2.45, 2.75) is 24.4 Å². The summed E-state index contributed by atoms with van der Waals surface area (Å²) in [5.74, 6) is 0. The summed E-state index contributed by atoms with van der Waals surface area (Å²) >= 11 is 7.81. The first-order valence-electron chi connectivity index (χ1n) is 6.14. The van der Waals surface area contributed by atoms with Crippen molar-refractivity contribution in [3.05, 3.63) is 51.2 Å². The van der Waals surface area contributed by atoms with Gasteiger partial charge in [-0.05, 0) is 30.5 Å². The first-order valence-corrected chi connectivity index (χ1v) is 9.28. The highest BCUT2D eigenvalue weighted by molar-refractivity contribution is 7.90. The van der Waals surface area contributed by atoms with E-state index in [9.17, 15) is 8.42 Å². The van der Waals surface area contributed by atoms with E-state index < -0.39 is 9.84 Å². The number of sulfone groups is 1. The quantitative estimate of drug-likeness (QED) is 0.910. The molecule has 0 aliphatic heterocycles. The molecule has 1 heterocycles. The van der Waals surface area contributed by atoms with E-state index in [1.54, 1.807) is 29.5 Å². The van der Waals surface area contributed by atoms with Crippen molar-refractivity contribution in [2.75, 3.05) is 6.26 Å². The van der Waals surface area contributed by atoms with Crippen LogP contribution in [0.2, 0.25) is 5.02 Å². The predicted octanol–water partition coefficient (Wildman–Crippen LogP) is 3.66. The zero-order chi connectivity index (χ0) is 14.8. The number of nitrogens with one attached hydrogen (secondary N) is 1. The molecule has 0 aliphatic rings. The molecule has 3 nitrogen and oxygen atoms in total. The Bertz CT molecular complexity index is 681. The lowest BCUT2D eigenvalue weighted by molar-refractivity contribution is 0.572. The molecule has 2 aromatic rings. The van der Waals surface area contributed by atoms with Crippen LogP contribution in [0, 0.1) is 0 Å². The normalized spacial score (nSPS) is 13.3. The minimum atomic E-state index is -3.28. The molecule has 1 aromatic carbocycles. The van der Waals surface area contributed by atoms with Gasteiger partial charge >= 0.3 is 0 Å². The van der Waals surface area contributed by atoms with Gasteiger partial charge in [-0.1, -0.05) is 23.7 Å². The fraction of sp³-hybridized carbons (Fsp3) is 0.286. The smallest absolute Gasteiger partial charge is 0.175 e. The van der Waals surface area contributed by atoms with E-state index in [0.29, 0.717) is 17.1 Å². The van der Waals surface area contributed by atoms with Crippen molar-refractivity contribution in [1.29, 1.82) is 0 Å². The molecule has 20 heavy (non-hydrogen) atoms. The molecular weight excluding hydrogens is 314 g/mol. The van der Waals surface area contributed by atoms with Crippen LogP contribution in [-0.2, 0) is 16.4 Å². The Balaban J connectivity index is 2.22. The molecule has 0 bridgehead atoms. The van der Waals surface area contributed by atoms with Gasteiger partial charge in [0.15, 0.2) is 9.84 Å². The molecule has 0 amide bonds. The average Bonchev–Trinajstić information content (AvgIpc) is 2.89. The number of benzene rings is 1. The van der Waals surface area contributed by atoms with Gasteiger partial charge in [-0.2, -0.15) is 0 Å². The van der Waals surface area contributed by atoms with Gasteiger partial charge in [0.2, 0.25) is 0 Å². The van der Waals surface area contributed by atoms with Crippen LogP contribution in [0.5, 0.6) is 0 Å². The van der Waals surface area contributed by atoms with Gasteiger partial charge in [-0.15, -0.1) is 11.3 Å². The van der Waals surface area contributed by atoms with Gasteiger partial charge in [0, 0.05) is 34.3 Å². The van der Waals surface area contributed by atoms with Crippen LogP contribution in [-0.4, -0.2) is 14.7 Å². The molecule has 0 aliphatic carbocycles. The third-order valence-corrected chi connectivity index (χ3v) is 5.62. The Morgan fingerprint density at radius 3 is 2.65 bits per heavy atom. The Kier molecular flexibility index (Phi) is 4.86. The number of thiophene rings is 1. The minimum Gasteiger partial charge on any atom is -0.305 e. The maximum Gasteiger partial charge on any atom is 0.175 e. The van der Waals surface area contributed by atoms with E-state index in [1.165, 1.54) is 11.1 Å². The van der Waals surface area contributed by atoms with Crippen molar-refractivity contribution < 1.29 is 8.42 Å². The van der Waals surface area contributed by atoms with E-state index in [4.69, 9.17) is 11.6 Å². The third kappa shape index (κ3) is 3.61. The summed E-state index contributed by atoms with van der Waals surface area (Å²) in [7, 11) is -3.28. The average molecular weight is 330 g/mol. The van der Waals surface area contributed by atoms with Gasteiger partial charge in [0.05, 0.1) is 4.90 Å². The molecule has 0 unspecified atom stereocenters. The van der Waals surface area contributed by atoms with Crippen LogP contribution >= 0.6 is 22.9 Å². The lowest BCUT2D eigenvalue weighted by atomic mass is 10.2. The molecular formula is C14H16ClNO2S2. The summed E-state index contributed by atoms with van der Waals surface area (Å²) in [6, 6.07) is 9.16. The Labute approximate surface area is 128 Å². The first-order chi connectivity index (χ1) is 9.39. The summed E-state index contributed by atoms with van der Waals surface area (Å²) < 4.78 is 23.6. The topological polar surface area (TPSA) is 46.2 Å². The van der Waals surface area contributed by atoms with Crippen molar-refractivity contribution in [2.24, 2.45) is 0 Å². The fourth-order valence-corrected chi connectivity index (χ4v) is 3.96. The highest BCUT2D eigenvalue weighted by Crippen LogP contribution is 2.25. The van der Waals surface area contributed by atoms with Gasteiger partial charge in [0.1, 0.15) is 0 Å². The molecule has 1 N–H and O–H groups in total. The van der Waals surface area contributed by atoms with Crippen molar-refractivity contribution in [1.82, 2.24) is 5.32 Å². The zero-order valence-corrected chi connectivity index (χ0v) is 13.6. The Hall–Kier alpha value is -0.880. The van der Waals surface area contributed by atoms with E-state index in [1.807, 2.05) is 24.4 Å². The summed E-state index contributed by atoms with van der Waals surface area (Å²) in [6.07, 6.45) is 1.20. The Morgan fingerprint density at radius 2 is 2.05 bits per heavy atom. The highest BCUT2D eigenvalue weighted by Gasteiger charge is 2.16. The Morgan fingerprint density at radius 1 is 1.30 bits per heavy atom. The lowest BCUT2D eigenvalue weighted by Crippen LogP contribution is -2.19. The van der Waals surface area contributed by atoms with Gasteiger partial charge in [-0.3, -0.25) is 0 Å². The molecule has 0 saturated heterocycles.